The average Bonchev–Trinajstić information content (AvgIpc) is 2.79. The van der Waals surface area contributed by atoms with Gasteiger partial charge in [0.1, 0.15) is 5.82 Å². The Morgan fingerprint density at radius 3 is 2.72 bits per heavy atom. The summed E-state index contributed by atoms with van der Waals surface area (Å²) >= 11 is 0. The highest BCUT2D eigenvalue weighted by Gasteiger charge is 1.99. The largest absolute Gasteiger partial charge is 0.368 e. The van der Waals surface area contributed by atoms with Crippen LogP contribution in [0.2, 0.25) is 0 Å². The van der Waals surface area contributed by atoms with Crippen molar-refractivity contribution >= 4 is 16.7 Å². The Hall–Kier alpha value is -2.22. The van der Waals surface area contributed by atoms with Crippen molar-refractivity contribution in [2.24, 2.45) is 0 Å². The molecule has 3 aromatic rings. The van der Waals surface area contributed by atoms with Gasteiger partial charge in [-0.3, -0.25) is 0 Å². The van der Waals surface area contributed by atoms with Gasteiger partial charge in [0.25, 0.3) is 0 Å². The first-order chi connectivity index (χ1) is 8.81. The average molecular weight is 236 g/mol. The number of anilines is 1. The van der Waals surface area contributed by atoms with Gasteiger partial charge in [0.05, 0.1) is 0 Å². The highest BCUT2D eigenvalue weighted by Crippen LogP contribution is 2.18. The molecule has 2 aromatic carbocycles. The summed E-state index contributed by atoms with van der Waals surface area (Å²) in [5, 5.41) is 4.66. The van der Waals surface area contributed by atoms with E-state index < -0.39 is 0 Å². The molecule has 0 atom stereocenters. The van der Waals surface area contributed by atoms with Crippen LogP contribution in [0.1, 0.15) is 11.1 Å². The Labute approximate surface area is 107 Å². The Balaban J connectivity index is 1.76. The number of hydrogen-bond donors (Lipinski definition) is 2. The van der Waals surface area contributed by atoms with Crippen LogP contribution in [-0.4, -0.2) is 4.98 Å². The minimum atomic E-state index is 0.842. The fourth-order valence-electron chi connectivity index (χ4n) is 2.19. The number of para-hydroxylation sites is 1. The van der Waals surface area contributed by atoms with Crippen molar-refractivity contribution in [1.82, 2.24) is 4.98 Å². The number of aromatic amines is 1. The van der Waals surface area contributed by atoms with E-state index in [0.29, 0.717) is 0 Å². The minimum absolute atomic E-state index is 0.842. The maximum atomic E-state index is 3.42. The molecule has 90 valence electrons. The third kappa shape index (κ3) is 2.23. The zero-order valence-electron chi connectivity index (χ0n) is 10.4. The van der Waals surface area contributed by atoms with Gasteiger partial charge in [-0.2, -0.15) is 0 Å². The van der Waals surface area contributed by atoms with E-state index in [9.17, 15) is 0 Å². The first-order valence-electron chi connectivity index (χ1n) is 6.18. The molecule has 2 nitrogen and oxygen atoms in total. The maximum absolute atomic E-state index is 3.42. The Morgan fingerprint density at radius 1 is 1.00 bits per heavy atom. The van der Waals surface area contributed by atoms with Crippen LogP contribution in [0.4, 0.5) is 5.82 Å². The number of fused-ring (bicyclic) bond motifs is 1. The van der Waals surface area contributed by atoms with Crippen molar-refractivity contribution in [3.05, 3.63) is 65.7 Å². The van der Waals surface area contributed by atoms with Gasteiger partial charge in [0.15, 0.2) is 0 Å². The van der Waals surface area contributed by atoms with Gasteiger partial charge in [-0.1, -0.05) is 48.0 Å². The van der Waals surface area contributed by atoms with Gasteiger partial charge >= 0.3 is 0 Å². The van der Waals surface area contributed by atoms with Crippen molar-refractivity contribution in [3.8, 4) is 0 Å². The summed E-state index contributed by atoms with van der Waals surface area (Å²) in [5.41, 5.74) is 3.77. The highest BCUT2D eigenvalue weighted by molar-refractivity contribution is 5.83. The van der Waals surface area contributed by atoms with Gasteiger partial charge in [-0.25, -0.2) is 0 Å². The molecule has 0 bridgehead atoms. The molecular weight excluding hydrogens is 220 g/mol. The lowest BCUT2D eigenvalue weighted by atomic mass is 10.1. The monoisotopic (exact) mass is 236 g/mol. The molecule has 0 saturated carbocycles. The Bertz CT molecular complexity index is 634. The number of aryl methyl sites for hydroxylation is 1. The molecule has 0 saturated heterocycles. The number of H-pyrrole nitrogens is 1. The third-order valence-electron chi connectivity index (χ3n) is 3.10. The fraction of sp³-hybridized carbons (Fsp3) is 0.125. The van der Waals surface area contributed by atoms with E-state index in [4.69, 9.17) is 0 Å². The number of aromatic nitrogens is 1. The molecule has 18 heavy (non-hydrogen) atoms. The second-order valence-corrected chi connectivity index (χ2v) is 4.61. The molecule has 0 amide bonds. The smallest absolute Gasteiger partial charge is 0.104 e. The summed E-state index contributed by atoms with van der Waals surface area (Å²) in [5.74, 6) is 1.07. The summed E-state index contributed by atoms with van der Waals surface area (Å²) in [7, 11) is 0. The number of hydrogen-bond acceptors (Lipinski definition) is 1. The van der Waals surface area contributed by atoms with Gasteiger partial charge in [-0.05, 0) is 24.6 Å². The summed E-state index contributed by atoms with van der Waals surface area (Å²) < 4.78 is 0. The van der Waals surface area contributed by atoms with E-state index in [1.54, 1.807) is 0 Å². The highest BCUT2D eigenvalue weighted by atomic mass is 15.0. The third-order valence-corrected chi connectivity index (χ3v) is 3.10. The molecule has 2 heteroatoms. The van der Waals surface area contributed by atoms with E-state index in [-0.39, 0.29) is 0 Å². The summed E-state index contributed by atoms with van der Waals surface area (Å²) in [6.45, 7) is 2.96. The zero-order chi connectivity index (χ0) is 12.4. The van der Waals surface area contributed by atoms with Crippen molar-refractivity contribution in [2.45, 2.75) is 13.5 Å². The van der Waals surface area contributed by atoms with Gasteiger partial charge < -0.3 is 10.3 Å². The minimum Gasteiger partial charge on any atom is -0.368 e. The van der Waals surface area contributed by atoms with Crippen molar-refractivity contribution in [1.29, 1.82) is 0 Å². The van der Waals surface area contributed by atoms with E-state index in [2.05, 4.69) is 65.8 Å². The maximum Gasteiger partial charge on any atom is 0.104 e. The standard InChI is InChI=1S/C16H16N2/c1-12-5-4-6-13(9-12)11-17-16-10-14-7-2-3-8-15(14)18-16/h2-10,17-18H,11H2,1H3. The quantitative estimate of drug-likeness (QED) is 0.704. The number of benzene rings is 2. The molecule has 0 radical (unpaired) electrons. The molecule has 0 fully saturated rings. The number of rotatable bonds is 3. The van der Waals surface area contributed by atoms with Gasteiger partial charge in [0.2, 0.25) is 0 Å². The van der Waals surface area contributed by atoms with E-state index in [1.807, 2.05) is 6.07 Å². The summed E-state index contributed by atoms with van der Waals surface area (Å²) in [4.78, 5) is 3.37. The molecule has 1 aromatic heterocycles. The second-order valence-electron chi connectivity index (χ2n) is 4.61. The van der Waals surface area contributed by atoms with Crippen molar-refractivity contribution in [3.63, 3.8) is 0 Å². The normalized spacial score (nSPS) is 10.7. The van der Waals surface area contributed by atoms with Gasteiger partial charge in [0, 0.05) is 17.4 Å². The van der Waals surface area contributed by atoms with Gasteiger partial charge in [-0.15, -0.1) is 0 Å². The van der Waals surface area contributed by atoms with E-state index in [0.717, 1.165) is 12.4 Å². The number of nitrogens with one attached hydrogen (secondary N) is 2. The SMILES string of the molecule is Cc1cccc(CNc2cc3ccccc3[nH]2)c1. The topological polar surface area (TPSA) is 27.8 Å². The molecule has 0 unspecified atom stereocenters. The van der Waals surface area contributed by atoms with Crippen LogP contribution in [-0.2, 0) is 6.54 Å². The lowest BCUT2D eigenvalue weighted by Crippen LogP contribution is -1.99. The first-order valence-corrected chi connectivity index (χ1v) is 6.18. The summed E-state index contributed by atoms with van der Waals surface area (Å²) in [6.07, 6.45) is 0. The molecule has 1 heterocycles. The predicted octanol–water partition coefficient (Wildman–Crippen LogP) is 4.09. The molecule has 0 aliphatic carbocycles. The zero-order valence-corrected chi connectivity index (χ0v) is 10.4. The van der Waals surface area contributed by atoms with Crippen LogP contribution < -0.4 is 5.32 Å². The molecular formula is C16H16N2. The fourth-order valence-corrected chi connectivity index (χ4v) is 2.19. The van der Waals surface area contributed by atoms with Crippen LogP contribution in [0.5, 0.6) is 0 Å². The first kappa shape index (κ1) is 10.9. The molecule has 0 spiro atoms. The molecule has 2 N–H and O–H groups in total. The van der Waals surface area contributed by atoms with E-state index in [1.165, 1.54) is 22.0 Å². The van der Waals surface area contributed by atoms with Crippen molar-refractivity contribution in [2.75, 3.05) is 5.32 Å². The molecule has 0 aliphatic heterocycles. The lowest BCUT2D eigenvalue weighted by molar-refractivity contribution is 1.12. The van der Waals surface area contributed by atoms with Crippen LogP contribution in [0, 0.1) is 6.92 Å². The molecule has 0 aliphatic rings. The molecule has 3 rings (SSSR count). The van der Waals surface area contributed by atoms with Crippen LogP contribution in [0.3, 0.4) is 0 Å². The summed E-state index contributed by atoms with van der Waals surface area (Å²) in [6, 6.07) is 19.0. The predicted molar refractivity (Wildman–Crippen MR) is 76.8 cm³/mol. The van der Waals surface area contributed by atoms with Crippen LogP contribution in [0.15, 0.2) is 54.6 Å². The van der Waals surface area contributed by atoms with Crippen LogP contribution in [0.25, 0.3) is 10.9 Å². The van der Waals surface area contributed by atoms with E-state index >= 15 is 0 Å². The Morgan fingerprint density at radius 2 is 1.89 bits per heavy atom. The van der Waals surface area contributed by atoms with Crippen LogP contribution >= 0.6 is 0 Å². The second kappa shape index (κ2) is 4.57. The Kier molecular flexibility index (Phi) is 2.77. The van der Waals surface area contributed by atoms with Crippen molar-refractivity contribution < 1.29 is 0 Å². The lowest BCUT2D eigenvalue weighted by Gasteiger charge is -2.04.